The molecule has 5 amide bonds. The van der Waals surface area contributed by atoms with Gasteiger partial charge < -0.3 is 25.0 Å². The molecule has 7 rings (SSSR count). The summed E-state index contributed by atoms with van der Waals surface area (Å²) >= 11 is 1.22. The Hall–Kier alpha value is -5.17. The predicted molar refractivity (Wildman–Crippen MR) is 187 cm³/mol. The number of aryl methyl sites for hydroxylation is 1. The minimum absolute atomic E-state index is 0.135. The Labute approximate surface area is 288 Å². The predicted octanol–water partition coefficient (Wildman–Crippen LogP) is 6.81. The Morgan fingerprint density at radius 1 is 1.00 bits per heavy atom. The molecule has 2 fully saturated rings. The summed E-state index contributed by atoms with van der Waals surface area (Å²) in [6.45, 7) is 8.66. The summed E-state index contributed by atoms with van der Waals surface area (Å²) in [6, 6.07) is 15.6. The van der Waals surface area contributed by atoms with Crippen molar-refractivity contribution < 1.29 is 28.7 Å². The molecule has 0 unspecified atom stereocenters. The second-order valence-corrected chi connectivity index (χ2v) is 14.5. The zero-order chi connectivity index (χ0) is 34.4. The van der Waals surface area contributed by atoms with E-state index < -0.39 is 23.8 Å². The van der Waals surface area contributed by atoms with Crippen LogP contribution in [-0.4, -0.2) is 76.0 Å². The van der Waals surface area contributed by atoms with E-state index in [2.05, 4.69) is 15.6 Å². The van der Waals surface area contributed by atoms with Gasteiger partial charge in [0.05, 0.1) is 22.4 Å². The third-order valence-corrected chi connectivity index (χ3v) is 9.94. The zero-order valence-corrected chi connectivity index (χ0v) is 28.6. The maximum Gasteiger partial charge on any atom is 0.410 e. The van der Waals surface area contributed by atoms with Gasteiger partial charge in [0, 0.05) is 31.9 Å². The first-order valence-electron chi connectivity index (χ1n) is 16.4. The number of urea groups is 1. The molecule has 0 saturated carbocycles. The maximum absolute atomic E-state index is 13.8. The van der Waals surface area contributed by atoms with Crippen molar-refractivity contribution in [1.29, 1.82) is 0 Å². The van der Waals surface area contributed by atoms with Crippen LogP contribution in [0.3, 0.4) is 0 Å². The molecule has 49 heavy (non-hydrogen) atoms. The number of nitrogens with one attached hydrogen (secondary N) is 2. The van der Waals surface area contributed by atoms with Crippen molar-refractivity contribution in [2.24, 2.45) is 0 Å². The lowest BCUT2D eigenvalue weighted by atomic mass is 9.99. The van der Waals surface area contributed by atoms with Gasteiger partial charge in [-0.3, -0.25) is 19.4 Å². The smallest absolute Gasteiger partial charge is 0.410 e. The highest BCUT2D eigenvalue weighted by atomic mass is 32.1. The van der Waals surface area contributed by atoms with Gasteiger partial charge in [-0.25, -0.2) is 14.6 Å². The minimum Gasteiger partial charge on any atom is -0.457 e. The van der Waals surface area contributed by atoms with Gasteiger partial charge in [0.2, 0.25) is 5.91 Å². The van der Waals surface area contributed by atoms with Gasteiger partial charge in [-0.2, -0.15) is 0 Å². The largest absolute Gasteiger partial charge is 0.457 e. The first kappa shape index (κ1) is 32.4. The van der Waals surface area contributed by atoms with Crippen LogP contribution in [0.25, 0.3) is 10.2 Å². The number of para-hydroxylation sites is 1. The Morgan fingerprint density at radius 2 is 1.80 bits per heavy atom. The molecule has 2 atom stereocenters. The number of thiophene rings is 1. The Kier molecular flexibility index (Phi) is 8.39. The van der Waals surface area contributed by atoms with Crippen LogP contribution in [0, 0.1) is 6.92 Å². The van der Waals surface area contributed by atoms with E-state index in [-0.39, 0.29) is 17.9 Å². The highest BCUT2D eigenvalue weighted by molar-refractivity contribution is 7.21. The number of benzene rings is 2. The molecule has 254 valence electrons. The van der Waals surface area contributed by atoms with Crippen molar-refractivity contribution in [1.82, 2.24) is 20.1 Å². The molecule has 3 aliphatic heterocycles. The zero-order valence-electron chi connectivity index (χ0n) is 27.8. The molecule has 0 bridgehead atoms. The molecule has 0 spiro atoms. The lowest BCUT2D eigenvalue weighted by molar-refractivity contribution is -0.142. The van der Waals surface area contributed by atoms with Crippen molar-refractivity contribution in [3.63, 3.8) is 0 Å². The van der Waals surface area contributed by atoms with Crippen LogP contribution < -0.4 is 20.3 Å². The number of hydrogen-bond donors (Lipinski definition) is 2. The minimum atomic E-state index is -0.649. The lowest BCUT2D eigenvalue weighted by Crippen LogP contribution is -2.61. The molecule has 2 saturated heterocycles. The van der Waals surface area contributed by atoms with E-state index in [1.165, 1.54) is 16.2 Å². The van der Waals surface area contributed by atoms with Gasteiger partial charge in [-0.1, -0.05) is 18.2 Å². The van der Waals surface area contributed by atoms with Gasteiger partial charge >= 0.3 is 12.1 Å². The highest BCUT2D eigenvalue weighted by Crippen LogP contribution is 2.46. The van der Waals surface area contributed by atoms with E-state index in [1.54, 1.807) is 42.8 Å². The fourth-order valence-corrected chi connectivity index (χ4v) is 7.51. The molecule has 0 radical (unpaired) electrons. The second-order valence-electron chi connectivity index (χ2n) is 13.5. The topological polar surface area (TPSA) is 133 Å². The van der Waals surface area contributed by atoms with Gasteiger partial charge in [0.25, 0.3) is 5.91 Å². The van der Waals surface area contributed by atoms with Crippen molar-refractivity contribution >= 4 is 62.6 Å². The number of hydrogen-bond acceptors (Lipinski definition) is 8. The number of aromatic nitrogens is 1. The average molecular weight is 683 g/mol. The van der Waals surface area contributed by atoms with Gasteiger partial charge in [-0.05, 0) is 88.9 Å². The molecule has 5 heterocycles. The van der Waals surface area contributed by atoms with Gasteiger partial charge in [0.15, 0.2) is 0 Å². The van der Waals surface area contributed by atoms with Crippen LogP contribution >= 0.6 is 11.3 Å². The number of nitrogens with zero attached hydrogens (tertiary/aromatic N) is 4. The Morgan fingerprint density at radius 3 is 2.51 bits per heavy atom. The van der Waals surface area contributed by atoms with E-state index in [0.29, 0.717) is 82.6 Å². The fraction of sp³-hybridized carbons (Fsp3) is 0.361. The molecule has 3 aliphatic rings. The molecule has 0 aliphatic carbocycles. The van der Waals surface area contributed by atoms with Gasteiger partial charge in [-0.15, -0.1) is 11.3 Å². The third-order valence-electron chi connectivity index (χ3n) is 8.84. The number of ether oxygens (including phenoxy) is 2. The summed E-state index contributed by atoms with van der Waals surface area (Å²) in [4.78, 5) is 63.8. The number of rotatable bonds is 6. The lowest BCUT2D eigenvalue weighted by Gasteiger charge is -2.44. The molecule has 4 aromatic rings. The number of amides is 5. The quantitative estimate of drug-likeness (QED) is 0.228. The standard InChI is InChI=1S/C36H38N6O6S/c1-21-19-24(47-23-10-6-5-7-11-23)12-13-25(21)42-26-14-16-37-32-28(26)29(39-34(42)45)30(49-32)31(43)38-22-9-8-17-40(20-22)33(44)27-15-18-41(27)35(46)48-36(2,3)4/h5-7,10-14,16,19,22,27H,8-9,15,17-18,20H2,1-4H3,(H,38,43)(H,39,45)/t22-,27-/m1/s1. The summed E-state index contributed by atoms with van der Waals surface area (Å²) < 4.78 is 11.5. The summed E-state index contributed by atoms with van der Waals surface area (Å²) in [5, 5.41) is 6.75. The number of carbonyl (C=O) groups is 4. The van der Waals surface area contributed by atoms with E-state index in [9.17, 15) is 19.2 Å². The molecular formula is C36H38N6O6S. The second kappa shape index (κ2) is 12.7. The first-order valence-corrected chi connectivity index (χ1v) is 17.2. The average Bonchev–Trinajstić information content (AvgIpc) is 3.40. The van der Waals surface area contributed by atoms with Crippen molar-refractivity contribution in [2.75, 3.05) is 29.9 Å². The van der Waals surface area contributed by atoms with Crippen LogP contribution in [0.15, 0.2) is 60.8 Å². The van der Waals surface area contributed by atoms with E-state index in [4.69, 9.17) is 9.47 Å². The summed E-state index contributed by atoms with van der Waals surface area (Å²) in [6.07, 6.45) is 3.13. The molecule has 2 N–H and O–H groups in total. The maximum atomic E-state index is 13.8. The van der Waals surface area contributed by atoms with E-state index >= 15 is 0 Å². The summed E-state index contributed by atoms with van der Waals surface area (Å²) in [5.41, 5.74) is 1.91. The Bertz CT molecular complexity index is 1960. The SMILES string of the molecule is Cc1cc(Oc2ccccc2)ccc1N1C(=O)Nc2c(C(=O)N[C@@H]3CCCN(C(=O)[C@H]4CCN4C(=O)OC(C)(C)C)C3)sc3nccc1c23. The van der Waals surface area contributed by atoms with Crippen LogP contribution in [0.2, 0.25) is 0 Å². The normalized spacial score (nSPS) is 18.9. The van der Waals surface area contributed by atoms with Crippen molar-refractivity contribution in [2.45, 2.75) is 64.6 Å². The molecule has 2 aromatic heterocycles. The Balaban J connectivity index is 1.07. The first-order chi connectivity index (χ1) is 23.5. The molecule has 12 nitrogen and oxygen atoms in total. The summed E-state index contributed by atoms with van der Waals surface area (Å²) in [5.74, 6) is 0.889. The monoisotopic (exact) mass is 682 g/mol. The number of anilines is 3. The van der Waals surface area contributed by atoms with Crippen molar-refractivity contribution in [3.8, 4) is 11.5 Å². The van der Waals surface area contributed by atoms with Crippen molar-refractivity contribution in [3.05, 3.63) is 71.2 Å². The third kappa shape index (κ3) is 6.38. The van der Waals surface area contributed by atoms with Gasteiger partial charge in [0.1, 0.15) is 32.8 Å². The number of likely N-dealkylation sites (tertiary alicyclic amines) is 2. The molecule has 13 heteroatoms. The van der Waals surface area contributed by atoms with E-state index in [0.717, 1.165) is 5.56 Å². The van der Waals surface area contributed by atoms with E-state index in [1.807, 2.05) is 55.5 Å². The van der Waals surface area contributed by atoms with Crippen LogP contribution in [0.4, 0.5) is 26.7 Å². The molecule has 2 aromatic carbocycles. The molecular weight excluding hydrogens is 644 g/mol. The van der Waals surface area contributed by atoms with Crippen LogP contribution in [-0.2, 0) is 9.53 Å². The number of pyridine rings is 1. The van der Waals surface area contributed by atoms with Crippen LogP contribution in [0.1, 0.15) is 55.3 Å². The fourth-order valence-electron chi connectivity index (χ4n) is 6.49. The number of carbonyl (C=O) groups excluding carboxylic acids is 4. The summed E-state index contributed by atoms with van der Waals surface area (Å²) in [7, 11) is 0. The van der Waals surface area contributed by atoms with Crippen LogP contribution in [0.5, 0.6) is 11.5 Å². The highest BCUT2D eigenvalue weighted by Gasteiger charge is 2.43. The number of piperidine rings is 1.